The van der Waals surface area contributed by atoms with Crippen molar-refractivity contribution in [1.82, 2.24) is 19.7 Å². The fourth-order valence-electron chi connectivity index (χ4n) is 2.07. The van der Waals surface area contributed by atoms with Gasteiger partial charge in [-0.15, -0.1) is 0 Å². The largest absolute Gasteiger partial charge is 0.370 e. The van der Waals surface area contributed by atoms with E-state index in [4.69, 9.17) is 17.3 Å². The minimum atomic E-state index is 0.159. The molecule has 2 heterocycles. The molecule has 0 saturated heterocycles. The maximum absolute atomic E-state index is 5.83. The summed E-state index contributed by atoms with van der Waals surface area (Å²) in [4.78, 5) is 7.88. The number of halogens is 1. The lowest BCUT2D eigenvalue weighted by atomic mass is 10.2. The molecule has 3 N–H and O–H groups in total. The predicted octanol–water partition coefficient (Wildman–Crippen LogP) is 2.55. The summed E-state index contributed by atoms with van der Waals surface area (Å²) < 4.78 is 1.86. The molecule has 3 aromatic rings. The zero-order chi connectivity index (χ0) is 15.4. The van der Waals surface area contributed by atoms with Gasteiger partial charge >= 0.3 is 0 Å². The Morgan fingerprint density at radius 2 is 2.00 bits per heavy atom. The second kappa shape index (κ2) is 6.44. The van der Waals surface area contributed by atoms with Crippen LogP contribution < -0.4 is 11.1 Å². The number of hydrogen-bond donors (Lipinski definition) is 2. The minimum Gasteiger partial charge on any atom is -0.370 e. The van der Waals surface area contributed by atoms with Gasteiger partial charge in [-0.3, -0.25) is 0 Å². The average Bonchev–Trinajstić information content (AvgIpc) is 2.96. The molecular formula is C15H15ClN6. The maximum Gasteiger partial charge on any atom is 0.223 e. The Balaban J connectivity index is 1.59. The number of nitrogens with zero attached hydrogens (tertiary/aromatic N) is 4. The molecule has 0 spiro atoms. The van der Waals surface area contributed by atoms with E-state index < -0.39 is 0 Å². The van der Waals surface area contributed by atoms with Crippen LogP contribution in [0.4, 0.5) is 11.8 Å². The summed E-state index contributed by atoms with van der Waals surface area (Å²) in [6, 6.07) is 11.6. The number of benzene rings is 1. The lowest BCUT2D eigenvalue weighted by Crippen LogP contribution is -2.07. The summed E-state index contributed by atoms with van der Waals surface area (Å²) in [5, 5.41) is 7.86. The molecule has 0 radical (unpaired) electrons. The van der Waals surface area contributed by atoms with Crippen LogP contribution in [-0.4, -0.2) is 26.3 Å². The number of hydrogen-bond acceptors (Lipinski definition) is 5. The van der Waals surface area contributed by atoms with Crippen molar-refractivity contribution >= 4 is 23.4 Å². The van der Waals surface area contributed by atoms with E-state index in [1.807, 2.05) is 47.4 Å². The van der Waals surface area contributed by atoms with Crippen molar-refractivity contribution in [2.75, 3.05) is 17.6 Å². The van der Waals surface area contributed by atoms with Gasteiger partial charge < -0.3 is 11.1 Å². The summed E-state index contributed by atoms with van der Waals surface area (Å²) in [5.74, 6) is 0.778. The highest BCUT2D eigenvalue weighted by Gasteiger charge is 2.02. The van der Waals surface area contributed by atoms with Crippen LogP contribution in [0, 0.1) is 0 Å². The third-order valence-electron chi connectivity index (χ3n) is 3.09. The molecule has 0 amide bonds. The molecule has 3 rings (SSSR count). The summed E-state index contributed by atoms with van der Waals surface area (Å²) in [6.07, 6.45) is 4.68. The zero-order valence-electron chi connectivity index (χ0n) is 11.8. The van der Waals surface area contributed by atoms with Crippen LogP contribution in [0.15, 0.2) is 48.8 Å². The van der Waals surface area contributed by atoms with Gasteiger partial charge in [0.1, 0.15) is 11.0 Å². The Labute approximate surface area is 133 Å². The first-order valence-electron chi connectivity index (χ1n) is 6.83. The highest BCUT2D eigenvalue weighted by molar-refractivity contribution is 6.29. The molecule has 0 saturated carbocycles. The Morgan fingerprint density at radius 3 is 2.77 bits per heavy atom. The highest BCUT2D eigenvalue weighted by Crippen LogP contribution is 2.13. The second-order valence-corrected chi connectivity index (χ2v) is 5.13. The quantitative estimate of drug-likeness (QED) is 0.707. The first kappa shape index (κ1) is 14.3. The Kier molecular flexibility index (Phi) is 4.20. The van der Waals surface area contributed by atoms with E-state index in [1.54, 1.807) is 6.07 Å². The van der Waals surface area contributed by atoms with Crippen molar-refractivity contribution in [3.05, 3.63) is 59.5 Å². The SMILES string of the molecule is Nc1nc(Cl)cc(NCCc2cnn(-c3ccccc3)c2)n1. The van der Waals surface area contributed by atoms with Crippen molar-refractivity contribution in [2.45, 2.75) is 6.42 Å². The molecule has 2 aromatic heterocycles. The maximum atomic E-state index is 5.83. The summed E-state index contributed by atoms with van der Waals surface area (Å²) >= 11 is 5.83. The summed E-state index contributed by atoms with van der Waals surface area (Å²) in [7, 11) is 0. The molecular weight excluding hydrogens is 300 g/mol. The molecule has 0 aliphatic rings. The smallest absolute Gasteiger partial charge is 0.223 e. The monoisotopic (exact) mass is 314 g/mol. The molecule has 0 aliphatic carbocycles. The first-order valence-corrected chi connectivity index (χ1v) is 7.21. The third kappa shape index (κ3) is 3.53. The van der Waals surface area contributed by atoms with Crippen molar-refractivity contribution in [2.24, 2.45) is 0 Å². The van der Waals surface area contributed by atoms with Crippen LogP contribution in [0.3, 0.4) is 0 Å². The number of para-hydroxylation sites is 1. The zero-order valence-corrected chi connectivity index (χ0v) is 12.5. The Morgan fingerprint density at radius 1 is 1.18 bits per heavy atom. The molecule has 0 atom stereocenters. The number of anilines is 2. The number of nitrogens with one attached hydrogen (secondary N) is 1. The molecule has 1 aromatic carbocycles. The minimum absolute atomic E-state index is 0.159. The van der Waals surface area contributed by atoms with Gasteiger partial charge in [-0.1, -0.05) is 29.8 Å². The van der Waals surface area contributed by atoms with Crippen molar-refractivity contribution in [3.8, 4) is 5.69 Å². The average molecular weight is 315 g/mol. The van der Waals surface area contributed by atoms with E-state index in [0.717, 1.165) is 17.7 Å². The molecule has 22 heavy (non-hydrogen) atoms. The number of aromatic nitrogens is 4. The van der Waals surface area contributed by atoms with Crippen LogP contribution in [0.25, 0.3) is 5.69 Å². The molecule has 0 aliphatic heterocycles. The van der Waals surface area contributed by atoms with Crippen LogP contribution >= 0.6 is 11.6 Å². The Hall–Kier alpha value is -2.60. The van der Waals surface area contributed by atoms with Crippen molar-refractivity contribution in [3.63, 3.8) is 0 Å². The standard InChI is InChI=1S/C15H15ClN6/c16-13-8-14(21-15(17)20-13)18-7-6-11-9-19-22(10-11)12-4-2-1-3-5-12/h1-5,8-10H,6-7H2,(H3,17,18,20,21). The van der Waals surface area contributed by atoms with Crippen LogP contribution in [-0.2, 0) is 6.42 Å². The molecule has 6 nitrogen and oxygen atoms in total. The predicted molar refractivity (Wildman–Crippen MR) is 87.2 cm³/mol. The van der Waals surface area contributed by atoms with Gasteiger partial charge in [-0.2, -0.15) is 10.1 Å². The molecule has 0 bridgehead atoms. The van der Waals surface area contributed by atoms with E-state index in [0.29, 0.717) is 17.5 Å². The molecule has 7 heteroatoms. The van der Waals surface area contributed by atoms with Gasteiger partial charge in [0.25, 0.3) is 0 Å². The lowest BCUT2D eigenvalue weighted by molar-refractivity contribution is 0.879. The second-order valence-electron chi connectivity index (χ2n) is 4.74. The third-order valence-corrected chi connectivity index (χ3v) is 3.28. The first-order chi connectivity index (χ1) is 10.7. The van der Waals surface area contributed by atoms with Gasteiger partial charge in [0.05, 0.1) is 11.9 Å². The topological polar surface area (TPSA) is 81.6 Å². The molecule has 0 fully saturated rings. The fourth-order valence-corrected chi connectivity index (χ4v) is 2.26. The van der Waals surface area contributed by atoms with Gasteiger partial charge in [0, 0.05) is 18.8 Å². The van der Waals surface area contributed by atoms with E-state index in [1.165, 1.54) is 0 Å². The summed E-state index contributed by atoms with van der Waals surface area (Å²) in [5.41, 5.74) is 7.72. The van der Waals surface area contributed by atoms with Crippen molar-refractivity contribution < 1.29 is 0 Å². The van der Waals surface area contributed by atoms with Crippen LogP contribution in [0.5, 0.6) is 0 Å². The molecule has 112 valence electrons. The van der Waals surface area contributed by atoms with Gasteiger partial charge in [0.15, 0.2) is 0 Å². The Bertz CT molecular complexity index is 735. The van der Waals surface area contributed by atoms with Crippen molar-refractivity contribution in [1.29, 1.82) is 0 Å². The van der Waals surface area contributed by atoms with Crippen LogP contribution in [0.2, 0.25) is 5.15 Å². The number of nitrogen functional groups attached to an aromatic ring is 1. The van der Waals surface area contributed by atoms with E-state index in [2.05, 4.69) is 20.4 Å². The normalized spacial score (nSPS) is 10.6. The van der Waals surface area contributed by atoms with Gasteiger partial charge in [-0.05, 0) is 24.1 Å². The van der Waals surface area contributed by atoms with E-state index >= 15 is 0 Å². The van der Waals surface area contributed by atoms with E-state index in [9.17, 15) is 0 Å². The number of nitrogens with two attached hydrogens (primary N) is 1. The highest BCUT2D eigenvalue weighted by atomic mass is 35.5. The fraction of sp³-hybridized carbons (Fsp3) is 0.133. The molecule has 0 unspecified atom stereocenters. The number of rotatable bonds is 5. The van der Waals surface area contributed by atoms with E-state index in [-0.39, 0.29) is 5.95 Å². The van der Waals surface area contributed by atoms with Crippen LogP contribution in [0.1, 0.15) is 5.56 Å². The van der Waals surface area contributed by atoms with Gasteiger partial charge in [-0.25, -0.2) is 9.67 Å². The summed E-state index contributed by atoms with van der Waals surface area (Å²) in [6.45, 7) is 0.702. The van der Waals surface area contributed by atoms with Gasteiger partial charge in [0.2, 0.25) is 5.95 Å². The lowest BCUT2D eigenvalue weighted by Gasteiger charge is -2.05.